The van der Waals surface area contributed by atoms with Crippen molar-refractivity contribution in [2.45, 2.75) is 6.92 Å². The lowest BCUT2D eigenvalue weighted by Crippen LogP contribution is -2.48. The summed E-state index contributed by atoms with van der Waals surface area (Å²) in [6, 6.07) is 9.72. The fourth-order valence-electron chi connectivity index (χ4n) is 3.96. The third-order valence-electron chi connectivity index (χ3n) is 5.82. The number of nitrogens with zero attached hydrogens (tertiary/aromatic N) is 3. The maximum Gasteiger partial charge on any atom is 0.251 e. The highest BCUT2D eigenvalue weighted by atomic mass is 32.1. The van der Waals surface area contributed by atoms with Gasteiger partial charge in [-0.2, -0.15) is 0 Å². The molecule has 1 aromatic heterocycles. The van der Waals surface area contributed by atoms with Crippen LogP contribution in [0.2, 0.25) is 0 Å². The second-order valence-corrected chi connectivity index (χ2v) is 8.98. The Balaban J connectivity index is 1.28. The van der Waals surface area contributed by atoms with Gasteiger partial charge in [0, 0.05) is 44.8 Å². The number of carbonyl (C=O) groups is 1. The van der Waals surface area contributed by atoms with E-state index in [0.29, 0.717) is 29.4 Å². The first-order chi connectivity index (χ1) is 16.0. The standard InChI is InChI=1S/C24H30N4O4S/c1-16-5-6-18-21(13-16)33-24(26-18)28-11-9-27(10-12-28)8-7-25-23(29)17-14-19(30-2)22(32-4)20(15-17)31-3/h5-6,13-15H,7-12H2,1-4H3,(H,25,29). The summed E-state index contributed by atoms with van der Waals surface area (Å²) in [4.78, 5) is 22.2. The van der Waals surface area contributed by atoms with Gasteiger partial charge >= 0.3 is 0 Å². The summed E-state index contributed by atoms with van der Waals surface area (Å²) in [5, 5.41) is 4.08. The molecule has 8 nitrogen and oxygen atoms in total. The van der Waals surface area contributed by atoms with Crippen molar-refractivity contribution >= 4 is 32.6 Å². The molecule has 1 saturated heterocycles. The molecule has 4 rings (SSSR count). The quantitative estimate of drug-likeness (QED) is 0.542. The van der Waals surface area contributed by atoms with E-state index in [1.807, 2.05) is 0 Å². The number of rotatable bonds is 8. The van der Waals surface area contributed by atoms with Crippen LogP contribution >= 0.6 is 11.3 Å². The van der Waals surface area contributed by atoms with Crippen molar-refractivity contribution in [2.24, 2.45) is 0 Å². The Labute approximate surface area is 198 Å². The first kappa shape index (κ1) is 23.1. The number of amides is 1. The minimum absolute atomic E-state index is 0.169. The van der Waals surface area contributed by atoms with Gasteiger partial charge in [0.15, 0.2) is 16.6 Å². The number of fused-ring (bicyclic) bond motifs is 1. The number of piperazine rings is 1. The average Bonchev–Trinajstić information content (AvgIpc) is 3.26. The third kappa shape index (κ3) is 5.15. The van der Waals surface area contributed by atoms with Crippen molar-refractivity contribution in [3.05, 3.63) is 41.5 Å². The summed E-state index contributed by atoms with van der Waals surface area (Å²) >= 11 is 1.76. The first-order valence-electron chi connectivity index (χ1n) is 10.9. The Hall–Kier alpha value is -3.04. The number of nitrogens with one attached hydrogen (secondary N) is 1. The van der Waals surface area contributed by atoms with Gasteiger partial charge in [0.05, 0.1) is 31.5 Å². The number of ether oxygens (including phenoxy) is 3. The van der Waals surface area contributed by atoms with Crippen LogP contribution in [-0.2, 0) is 0 Å². The van der Waals surface area contributed by atoms with E-state index in [1.165, 1.54) is 31.6 Å². The lowest BCUT2D eigenvalue weighted by Gasteiger charge is -2.34. The van der Waals surface area contributed by atoms with E-state index >= 15 is 0 Å². The van der Waals surface area contributed by atoms with E-state index in [1.54, 1.807) is 23.5 Å². The Morgan fingerprint density at radius 3 is 2.36 bits per heavy atom. The predicted octanol–water partition coefficient (Wildman–Crippen LogP) is 3.18. The normalized spacial score (nSPS) is 14.4. The van der Waals surface area contributed by atoms with Crippen molar-refractivity contribution in [1.29, 1.82) is 0 Å². The van der Waals surface area contributed by atoms with E-state index in [4.69, 9.17) is 19.2 Å². The smallest absolute Gasteiger partial charge is 0.251 e. The first-order valence-corrected chi connectivity index (χ1v) is 11.8. The van der Waals surface area contributed by atoms with Gasteiger partial charge in [-0.25, -0.2) is 4.98 Å². The largest absolute Gasteiger partial charge is 0.493 e. The molecule has 0 spiro atoms. The second-order valence-electron chi connectivity index (χ2n) is 7.97. The highest BCUT2D eigenvalue weighted by Crippen LogP contribution is 2.38. The molecule has 3 aromatic rings. The molecule has 2 aromatic carbocycles. The second kappa shape index (κ2) is 10.3. The summed E-state index contributed by atoms with van der Waals surface area (Å²) in [6.45, 7) is 7.21. The van der Waals surface area contributed by atoms with Gasteiger partial charge in [0.25, 0.3) is 5.91 Å². The molecule has 0 unspecified atom stereocenters. The SMILES string of the molecule is COc1cc(C(=O)NCCN2CCN(c3nc4ccc(C)cc4s3)CC2)cc(OC)c1OC. The molecular weight excluding hydrogens is 440 g/mol. The van der Waals surface area contributed by atoms with Crippen molar-refractivity contribution in [3.8, 4) is 17.2 Å². The van der Waals surface area contributed by atoms with E-state index < -0.39 is 0 Å². The Bertz CT molecular complexity index is 1100. The molecule has 0 bridgehead atoms. The summed E-state index contributed by atoms with van der Waals surface area (Å²) in [7, 11) is 4.61. The molecule has 2 heterocycles. The molecule has 33 heavy (non-hydrogen) atoms. The number of methoxy groups -OCH3 is 3. The van der Waals surface area contributed by atoms with Gasteiger partial charge in [-0.1, -0.05) is 17.4 Å². The lowest BCUT2D eigenvalue weighted by atomic mass is 10.1. The number of anilines is 1. The van der Waals surface area contributed by atoms with E-state index in [-0.39, 0.29) is 5.91 Å². The number of hydrogen-bond donors (Lipinski definition) is 1. The molecule has 1 aliphatic rings. The summed E-state index contributed by atoms with van der Waals surface area (Å²) < 4.78 is 17.2. The predicted molar refractivity (Wildman–Crippen MR) is 131 cm³/mol. The number of aryl methyl sites for hydroxylation is 1. The molecular formula is C24H30N4O4S. The summed E-state index contributed by atoms with van der Waals surface area (Å²) in [5.74, 6) is 1.22. The molecule has 0 aliphatic carbocycles. The molecule has 9 heteroatoms. The number of carbonyl (C=O) groups excluding carboxylic acids is 1. The van der Waals surface area contributed by atoms with Crippen molar-refractivity contribution in [2.75, 3.05) is 65.5 Å². The van der Waals surface area contributed by atoms with Gasteiger partial charge in [-0.3, -0.25) is 9.69 Å². The van der Waals surface area contributed by atoms with E-state index in [2.05, 4.69) is 40.2 Å². The van der Waals surface area contributed by atoms with Crippen LogP contribution in [0.3, 0.4) is 0 Å². The number of benzene rings is 2. The van der Waals surface area contributed by atoms with Crippen LogP contribution < -0.4 is 24.4 Å². The van der Waals surface area contributed by atoms with Crippen LogP contribution in [0.5, 0.6) is 17.2 Å². The third-order valence-corrected chi connectivity index (χ3v) is 6.89. The zero-order valence-electron chi connectivity index (χ0n) is 19.5. The molecule has 176 valence electrons. The maximum atomic E-state index is 12.7. The maximum absolute atomic E-state index is 12.7. The minimum atomic E-state index is -0.169. The zero-order valence-corrected chi connectivity index (χ0v) is 20.3. The highest BCUT2D eigenvalue weighted by Gasteiger charge is 2.21. The van der Waals surface area contributed by atoms with Crippen LogP contribution in [0, 0.1) is 6.92 Å². The Kier molecular flexibility index (Phi) is 7.20. The van der Waals surface area contributed by atoms with Crippen molar-refractivity contribution < 1.29 is 19.0 Å². The molecule has 0 atom stereocenters. The van der Waals surface area contributed by atoms with Crippen LogP contribution in [0.15, 0.2) is 30.3 Å². The van der Waals surface area contributed by atoms with Gasteiger partial charge in [-0.05, 0) is 36.8 Å². The van der Waals surface area contributed by atoms with Crippen LogP contribution in [-0.4, -0.2) is 76.4 Å². The van der Waals surface area contributed by atoms with Gasteiger partial charge in [0.1, 0.15) is 0 Å². The fourth-order valence-corrected chi connectivity index (χ4v) is 5.07. The molecule has 1 amide bonds. The lowest BCUT2D eigenvalue weighted by molar-refractivity contribution is 0.0947. The molecule has 1 fully saturated rings. The van der Waals surface area contributed by atoms with E-state index in [9.17, 15) is 4.79 Å². The molecule has 0 radical (unpaired) electrons. The number of thiazole rings is 1. The monoisotopic (exact) mass is 470 g/mol. The van der Waals surface area contributed by atoms with Crippen molar-refractivity contribution in [1.82, 2.24) is 15.2 Å². The van der Waals surface area contributed by atoms with Gasteiger partial charge in [0.2, 0.25) is 5.75 Å². The van der Waals surface area contributed by atoms with Crippen LogP contribution in [0.25, 0.3) is 10.2 Å². The minimum Gasteiger partial charge on any atom is -0.493 e. The van der Waals surface area contributed by atoms with E-state index in [0.717, 1.165) is 43.4 Å². The van der Waals surface area contributed by atoms with Gasteiger partial charge < -0.3 is 24.4 Å². The van der Waals surface area contributed by atoms with Gasteiger partial charge in [-0.15, -0.1) is 0 Å². The molecule has 1 N–H and O–H groups in total. The van der Waals surface area contributed by atoms with Crippen molar-refractivity contribution in [3.63, 3.8) is 0 Å². The Morgan fingerprint density at radius 2 is 1.73 bits per heavy atom. The molecule has 0 saturated carbocycles. The number of aromatic nitrogens is 1. The summed E-state index contributed by atoms with van der Waals surface area (Å²) in [6.07, 6.45) is 0. The Morgan fingerprint density at radius 1 is 1.03 bits per heavy atom. The summed E-state index contributed by atoms with van der Waals surface area (Å²) in [5.41, 5.74) is 2.80. The molecule has 1 aliphatic heterocycles. The zero-order chi connectivity index (χ0) is 23.4. The topological polar surface area (TPSA) is 76.2 Å². The average molecular weight is 471 g/mol. The fraction of sp³-hybridized carbons (Fsp3) is 0.417. The highest BCUT2D eigenvalue weighted by molar-refractivity contribution is 7.22. The van der Waals surface area contributed by atoms with Crippen LogP contribution in [0.4, 0.5) is 5.13 Å². The number of hydrogen-bond acceptors (Lipinski definition) is 8. The van der Waals surface area contributed by atoms with Crippen LogP contribution in [0.1, 0.15) is 15.9 Å².